The van der Waals surface area contributed by atoms with Crippen molar-refractivity contribution in [2.24, 2.45) is 5.10 Å². The number of furan rings is 1. The van der Waals surface area contributed by atoms with E-state index in [0.717, 1.165) is 42.0 Å². The van der Waals surface area contributed by atoms with Gasteiger partial charge in [0.05, 0.1) is 23.5 Å². The number of aryl methyl sites for hydroxylation is 1. The molecular formula is C20H19N5O2. The van der Waals surface area contributed by atoms with Gasteiger partial charge in [-0.3, -0.25) is 10.2 Å². The molecule has 0 saturated carbocycles. The molecule has 7 nitrogen and oxygen atoms in total. The van der Waals surface area contributed by atoms with E-state index in [2.05, 4.69) is 10.5 Å². The fourth-order valence-corrected chi connectivity index (χ4v) is 3.14. The first-order chi connectivity index (χ1) is 13.2. The molecule has 27 heavy (non-hydrogen) atoms. The smallest absolute Gasteiger partial charge is 0.291 e. The lowest BCUT2D eigenvalue weighted by Crippen LogP contribution is -2.32. The van der Waals surface area contributed by atoms with Crippen molar-refractivity contribution in [1.29, 1.82) is 10.5 Å². The highest BCUT2D eigenvalue weighted by Gasteiger charge is 2.30. The van der Waals surface area contributed by atoms with E-state index >= 15 is 0 Å². The molecule has 1 N–H and O–H groups in total. The third-order valence-corrected chi connectivity index (χ3v) is 4.42. The SMILES string of the molecule is Cc1c(C(=O)N(CC#N)CC#N)oc2c1/C(=N/Nc1ccccc1)CCC2. The van der Waals surface area contributed by atoms with Gasteiger partial charge in [-0.2, -0.15) is 15.6 Å². The van der Waals surface area contributed by atoms with Crippen LogP contribution in [0.1, 0.15) is 40.3 Å². The number of carbonyl (C=O) groups excluding carboxylic acids is 1. The second kappa shape index (κ2) is 8.20. The van der Waals surface area contributed by atoms with Crippen molar-refractivity contribution < 1.29 is 9.21 Å². The van der Waals surface area contributed by atoms with Crippen molar-refractivity contribution in [2.45, 2.75) is 26.2 Å². The number of hydrogen-bond acceptors (Lipinski definition) is 6. The number of nitriles is 2. The summed E-state index contributed by atoms with van der Waals surface area (Å²) in [5.74, 6) is 0.463. The summed E-state index contributed by atoms with van der Waals surface area (Å²) in [6.07, 6.45) is 2.38. The molecule has 136 valence electrons. The van der Waals surface area contributed by atoms with Gasteiger partial charge in [0.25, 0.3) is 5.91 Å². The normalized spacial score (nSPS) is 14.1. The van der Waals surface area contributed by atoms with Crippen LogP contribution in [0.4, 0.5) is 5.69 Å². The average molecular weight is 361 g/mol. The van der Waals surface area contributed by atoms with Crippen LogP contribution in [-0.4, -0.2) is 29.6 Å². The Kier molecular flexibility index (Phi) is 5.53. The summed E-state index contributed by atoms with van der Waals surface area (Å²) in [6, 6.07) is 13.4. The molecule has 2 aromatic rings. The number of anilines is 1. The molecule has 0 radical (unpaired) electrons. The van der Waals surface area contributed by atoms with E-state index in [1.54, 1.807) is 0 Å². The summed E-state index contributed by atoms with van der Waals surface area (Å²) in [6.45, 7) is 1.50. The van der Waals surface area contributed by atoms with Crippen molar-refractivity contribution in [3.05, 3.63) is 53.0 Å². The zero-order valence-electron chi connectivity index (χ0n) is 15.0. The number of hydrazone groups is 1. The van der Waals surface area contributed by atoms with Gasteiger partial charge >= 0.3 is 0 Å². The van der Waals surface area contributed by atoms with Gasteiger partial charge in [-0.15, -0.1) is 0 Å². The molecular weight excluding hydrogens is 342 g/mol. The lowest BCUT2D eigenvalue weighted by Gasteiger charge is -2.14. The van der Waals surface area contributed by atoms with Gasteiger partial charge in [-0.25, -0.2) is 0 Å². The molecule has 0 spiro atoms. The summed E-state index contributed by atoms with van der Waals surface area (Å²) < 4.78 is 5.84. The summed E-state index contributed by atoms with van der Waals surface area (Å²) in [4.78, 5) is 13.9. The van der Waals surface area contributed by atoms with E-state index in [-0.39, 0.29) is 18.8 Å². The number of nitrogens with one attached hydrogen (secondary N) is 1. The molecule has 1 heterocycles. The lowest BCUT2D eigenvalue weighted by molar-refractivity contribution is 0.0760. The highest BCUT2D eigenvalue weighted by molar-refractivity contribution is 6.06. The number of fused-ring (bicyclic) bond motifs is 1. The van der Waals surface area contributed by atoms with Gasteiger partial charge in [-0.1, -0.05) is 18.2 Å². The minimum Gasteiger partial charge on any atom is -0.455 e. The molecule has 3 rings (SSSR count). The predicted molar refractivity (Wildman–Crippen MR) is 100 cm³/mol. The van der Waals surface area contributed by atoms with Gasteiger partial charge in [0, 0.05) is 17.5 Å². The molecule has 0 unspecified atom stereocenters. The van der Waals surface area contributed by atoms with Crippen LogP contribution in [-0.2, 0) is 6.42 Å². The summed E-state index contributed by atoms with van der Waals surface area (Å²) >= 11 is 0. The van der Waals surface area contributed by atoms with Crippen LogP contribution in [0.5, 0.6) is 0 Å². The van der Waals surface area contributed by atoms with E-state index < -0.39 is 5.91 Å². The molecule has 0 saturated heterocycles. The third kappa shape index (κ3) is 3.83. The maximum absolute atomic E-state index is 12.7. The van der Waals surface area contributed by atoms with Gasteiger partial charge < -0.3 is 9.32 Å². The van der Waals surface area contributed by atoms with Gasteiger partial charge in [-0.05, 0) is 31.9 Å². The van der Waals surface area contributed by atoms with Gasteiger partial charge in [0.15, 0.2) is 5.76 Å². The van der Waals surface area contributed by atoms with Crippen LogP contribution < -0.4 is 5.43 Å². The van der Waals surface area contributed by atoms with Crippen LogP contribution in [0.25, 0.3) is 0 Å². The van der Waals surface area contributed by atoms with Gasteiger partial charge in [0.2, 0.25) is 0 Å². The van der Waals surface area contributed by atoms with E-state index in [4.69, 9.17) is 14.9 Å². The Morgan fingerprint density at radius 2 is 1.93 bits per heavy atom. The maximum Gasteiger partial charge on any atom is 0.291 e. The predicted octanol–water partition coefficient (Wildman–Crippen LogP) is 3.23. The Hall–Kier alpha value is -3.58. The molecule has 1 amide bonds. The van der Waals surface area contributed by atoms with Crippen LogP contribution in [0.3, 0.4) is 0 Å². The van der Waals surface area contributed by atoms with Gasteiger partial charge in [0.1, 0.15) is 18.8 Å². The number of hydrogen-bond donors (Lipinski definition) is 1. The highest BCUT2D eigenvalue weighted by Crippen LogP contribution is 2.30. The van der Waals surface area contributed by atoms with E-state index in [9.17, 15) is 4.79 Å². The minimum absolute atomic E-state index is 0.159. The second-order valence-corrected chi connectivity index (χ2v) is 6.22. The number of rotatable bonds is 5. The largest absolute Gasteiger partial charge is 0.455 e. The average Bonchev–Trinajstić information content (AvgIpc) is 3.04. The highest BCUT2D eigenvalue weighted by atomic mass is 16.4. The van der Waals surface area contributed by atoms with Crippen LogP contribution in [0, 0.1) is 29.6 Å². The van der Waals surface area contributed by atoms with E-state index in [0.29, 0.717) is 5.56 Å². The van der Waals surface area contributed by atoms with Crippen molar-refractivity contribution in [3.8, 4) is 12.1 Å². The Morgan fingerprint density at radius 3 is 2.59 bits per heavy atom. The Labute approximate surface area is 157 Å². The fourth-order valence-electron chi connectivity index (χ4n) is 3.14. The zero-order valence-corrected chi connectivity index (χ0v) is 15.0. The summed E-state index contributed by atoms with van der Waals surface area (Å²) in [7, 11) is 0. The van der Waals surface area contributed by atoms with Crippen LogP contribution in [0.2, 0.25) is 0 Å². The molecule has 0 atom stereocenters. The molecule has 1 aliphatic carbocycles. The van der Waals surface area contributed by atoms with Crippen molar-refractivity contribution >= 4 is 17.3 Å². The standard InChI is InChI=1S/C20H19N5O2/c1-14-18-16(24-23-15-6-3-2-4-7-15)8-5-9-17(18)27-19(14)20(26)25(12-10-21)13-11-22/h2-4,6-7,23H,5,8-9,12-13H2,1H3/b24-16+. The number of amides is 1. The number of para-hydroxylation sites is 1. The molecule has 1 aliphatic rings. The summed E-state index contributed by atoms with van der Waals surface area (Å²) in [5, 5.41) is 22.3. The number of nitrogens with zero attached hydrogens (tertiary/aromatic N) is 4. The monoisotopic (exact) mass is 361 g/mol. The molecule has 0 bridgehead atoms. The van der Waals surface area contributed by atoms with Crippen LogP contribution in [0.15, 0.2) is 39.9 Å². The topological polar surface area (TPSA) is 105 Å². The first-order valence-corrected chi connectivity index (χ1v) is 8.69. The Morgan fingerprint density at radius 1 is 1.22 bits per heavy atom. The van der Waals surface area contributed by atoms with Crippen molar-refractivity contribution in [1.82, 2.24) is 4.90 Å². The quantitative estimate of drug-likeness (QED) is 0.650. The number of carbonyl (C=O) groups is 1. The second-order valence-electron chi connectivity index (χ2n) is 6.22. The molecule has 0 fully saturated rings. The van der Waals surface area contributed by atoms with E-state index in [1.165, 1.54) is 4.90 Å². The molecule has 7 heteroatoms. The Balaban J connectivity index is 1.92. The van der Waals surface area contributed by atoms with E-state index in [1.807, 2.05) is 49.4 Å². The Bertz CT molecular complexity index is 931. The minimum atomic E-state index is -0.444. The summed E-state index contributed by atoms with van der Waals surface area (Å²) in [5.41, 5.74) is 6.32. The third-order valence-electron chi connectivity index (χ3n) is 4.42. The molecule has 0 aliphatic heterocycles. The maximum atomic E-state index is 12.7. The van der Waals surface area contributed by atoms with Crippen molar-refractivity contribution in [2.75, 3.05) is 18.5 Å². The fraction of sp³-hybridized carbons (Fsp3) is 0.300. The molecule has 1 aromatic heterocycles. The first-order valence-electron chi connectivity index (χ1n) is 8.69. The first kappa shape index (κ1) is 18.2. The van der Waals surface area contributed by atoms with Crippen molar-refractivity contribution in [3.63, 3.8) is 0 Å². The lowest BCUT2D eigenvalue weighted by atomic mass is 9.93. The zero-order chi connectivity index (χ0) is 19.2. The van der Waals surface area contributed by atoms with Crippen LogP contribution >= 0.6 is 0 Å². The number of benzene rings is 1. The molecule has 1 aromatic carbocycles.